The van der Waals surface area contributed by atoms with Gasteiger partial charge in [-0.05, 0) is 13.8 Å². The van der Waals surface area contributed by atoms with E-state index in [4.69, 9.17) is 9.94 Å². The molecule has 0 fully saturated rings. The lowest BCUT2D eigenvalue weighted by Gasteiger charge is -2.10. The van der Waals surface area contributed by atoms with Crippen LogP contribution in [0.1, 0.15) is 25.5 Å². The Labute approximate surface area is 88.2 Å². The highest BCUT2D eigenvalue weighted by molar-refractivity contribution is 5.79. The molecule has 0 saturated carbocycles. The van der Waals surface area contributed by atoms with Gasteiger partial charge in [0.25, 0.3) is 0 Å². The largest absolute Gasteiger partial charge is 0.478 e. The third-order valence-corrected chi connectivity index (χ3v) is 1.67. The van der Waals surface area contributed by atoms with Crippen LogP contribution in [0.2, 0.25) is 0 Å². The van der Waals surface area contributed by atoms with Crippen LogP contribution in [0.4, 0.5) is 0 Å². The van der Waals surface area contributed by atoms with Crippen molar-refractivity contribution in [3.8, 4) is 0 Å². The summed E-state index contributed by atoms with van der Waals surface area (Å²) in [6.45, 7) is 3.48. The van der Waals surface area contributed by atoms with Crippen LogP contribution >= 0.6 is 0 Å². The highest BCUT2D eigenvalue weighted by Gasteiger charge is 2.21. The number of hydrogen-bond donors (Lipinski definition) is 1. The van der Waals surface area contributed by atoms with Crippen molar-refractivity contribution in [3.63, 3.8) is 0 Å². The molecule has 0 amide bonds. The Bertz CT molecular complexity index is 355. The van der Waals surface area contributed by atoms with Gasteiger partial charge in [-0.3, -0.25) is 0 Å². The van der Waals surface area contributed by atoms with E-state index in [2.05, 4.69) is 5.16 Å². The number of carbonyl (C=O) groups is 1. The zero-order valence-electron chi connectivity index (χ0n) is 8.68. The van der Waals surface area contributed by atoms with Crippen molar-refractivity contribution < 1.29 is 14.7 Å². The Kier molecular flexibility index (Phi) is 3.85. The maximum atomic E-state index is 10.9. The fourth-order valence-electron chi connectivity index (χ4n) is 1.03. The second kappa shape index (κ2) is 5.14. The molecule has 0 aliphatic carbocycles. The number of hydrogen-bond acceptors (Lipinski definition) is 3. The van der Waals surface area contributed by atoms with Gasteiger partial charge in [-0.25, -0.2) is 4.79 Å². The van der Waals surface area contributed by atoms with Gasteiger partial charge in [0.2, 0.25) is 6.10 Å². The lowest BCUT2D eigenvalue weighted by molar-refractivity contribution is -0.150. The van der Waals surface area contributed by atoms with Gasteiger partial charge < -0.3 is 9.94 Å². The summed E-state index contributed by atoms with van der Waals surface area (Å²) in [6, 6.07) is 8.73. The minimum atomic E-state index is -1.05. The number of aliphatic carboxylic acids is 1. The van der Waals surface area contributed by atoms with Crippen molar-refractivity contribution in [2.75, 3.05) is 0 Å². The van der Waals surface area contributed by atoms with Gasteiger partial charge in [0.15, 0.2) is 0 Å². The molecule has 0 radical (unpaired) electrons. The lowest BCUT2D eigenvalue weighted by atomic mass is 10.1. The Balaban J connectivity index is 2.85. The smallest absolute Gasteiger partial charge is 0.352 e. The molecule has 4 heteroatoms. The van der Waals surface area contributed by atoms with E-state index in [1.807, 2.05) is 6.07 Å². The van der Waals surface area contributed by atoms with E-state index in [1.54, 1.807) is 38.1 Å². The highest BCUT2D eigenvalue weighted by Crippen LogP contribution is 2.17. The summed E-state index contributed by atoms with van der Waals surface area (Å²) in [5, 5.41) is 12.6. The van der Waals surface area contributed by atoms with Crippen molar-refractivity contribution in [1.82, 2.24) is 0 Å². The van der Waals surface area contributed by atoms with Crippen LogP contribution < -0.4 is 0 Å². The zero-order valence-corrected chi connectivity index (χ0v) is 8.68. The quantitative estimate of drug-likeness (QED) is 0.608. The van der Waals surface area contributed by atoms with Crippen molar-refractivity contribution >= 4 is 11.7 Å². The van der Waals surface area contributed by atoms with E-state index >= 15 is 0 Å². The lowest BCUT2D eigenvalue weighted by Crippen LogP contribution is -2.13. The molecule has 1 N–H and O–H groups in total. The Hall–Kier alpha value is -1.84. The number of nitrogens with zero attached hydrogens (tertiary/aromatic N) is 1. The first-order valence-corrected chi connectivity index (χ1v) is 4.56. The number of carboxylic acid groups (broad SMARTS) is 1. The van der Waals surface area contributed by atoms with Crippen molar-refractivity contribution in [2.45, 2.75) is 20.0 Å². The molecule has 0 unspecified atom stereocenters. The molecule has 0 aromatic heterocycles. The molecule has 1 rings (SSSR count). The van der Waals surface area contributed by atoms with Gasteiger partial charge in [0.1, 0.15) is 0 Å². The molecule has 1 aromatic rings. The third kappa shape index (κ3) is 3.42. The number of carboxylic acids is 1. The summed E-state index contributed by atoms with van der Waals surface area (Å²) in [5.74, 6) is -1.05. The summed E-state index contributed by atoms with van der Waals surface area (Å²) >= 11 is 0. The average molecular weight is 207 g/mol. The first kappa shape index (κ1) is 11.2. The number of benzene rings is 1. The molecule has 0 aliphatic rings. The van der Waals surface area contributed by atoms with Gasteiger partial charge >= 0.3 is 5.97 Å². The van der Waals surface area contributed by atoms with E-state index in [-0.39, 0.29) is 0 Å². The van der Waals surface area contributed by atoms with Crippen molar-refractivity contribution in [1.29, 1.82) is 0 Å². The third-order valence-electron chi connectivity index (χ3n) is 1.67. The Morgan fingerprint density at radius 3 is 2.40 bits per heavy atom. The van der Waals surface area contributed by atoms with E-state index in [9.17, 15) is 4.79 Å². The molecule has 15 heavy (non-hydrogen) atoms. The van der Waals surface area contributed by atoms with E-state index < -0.39 is 12.1 Å². The fourth-order valence-corrected chi connectivity index (χ4v) is 1.03. The Morgan fingerprint density at radius 1 is 1.33 bits per heavy atom. The SMILES string of the molecule is CC(C)=NO[C@@H](C(=O)O)c1ccccc1. The summed E-state index contributed by atoms with van der Waals surface area (Å²) in [6.07, 6.45) is -1.04. The van der Waals surface area contributed by atoms with E-state index in [0.717, 1.165) is 0 Å². The molecule has 1 aromatic carbocycles. The minimum Gasteiger partial charge on any atom is -0.478 e. The van der Waals surface area contributed by atoms with Gasteiger partial charge in [-0.2, -0.15) is 0 Å². The van der Waals surface area contributed by atoms with Crippen LogP contribution in [0.25, 0.3) is 0 Å². The second-order valence-corrected chi connectivity index (χ2v) is 3.27. The molecular weight excluding hydrogens is 194 g/mol. The molecule has 0 aliphatic heterocycles. The summed E-state index contributed by atoms with van der Waals surface area (Å²) in [4.78, 5) is 15.9. The maximum Gasteiger partial charge on any atom is 0.352 e. The van der Waals surface area contributed by atoms with E-state index in [1.165, 1.54) is 0 Å². The van der Waals surface area contributed by atoms with E-state index in [0.29, 0.717) is 11.3 Å². The van der Waals surface area contributed by atoms with Crippen LogP contribution in [0.5, 0.6) is 0 Å². The van der Waals surface area contributed by atoms with Gasteiger partial charge in [0.05, 0.1) is 5.71 Å². The fraction of sp³-hybridized carbons (Fsp3) is 0.273. The highest BCUT2D eigenvalue weighted by atomic mass is 16.6. The van der Waals surface area contributed by atoms with Crippen LogP contribution in [0.15, 0.2) is 35.5 Å². The van der Waals surface area contributed by atoms with Gasteiger partial charge in [-0.15, -0.1) is 0 Å². The predicted molar refractivity (Wildman–Crippen MR) is 56.7 cm³/mol. The molecule has 4 nitrogen and oxygen atoms in total. The van der Waals surface area contributed by atoms with Crippen LogP contribution in [0, 0.1) is 0 Å². The first-order valence-electron chi connectivity index (χ1n) is 4.56. The first-order chi connectivity index (χ1) is 7.11. The standard InChI is InChI=1S/C11H13NO3/c1-8(2)12-15-10(11(13)14)9-6-4-3-5-7-9/h3-7,10H,1-2H3,(H,13,14)/t10-/m1/s1. The average Bonchev–Trinajstić information content (AvgIpc) is 2.18. The molecule has 0 spiro atoms. The monoisotopic (exact) mass is 207 g/mol. The van der Waals surface area contributed by atoms with Crippen molar-refractivity contribution in [3.05, 3.63) is 35.9 Å². The number of rotatable bonds is 4. The normalized spacial score (nSPS) is 11.6. The van der Waals surface area contributed by atoms with Gasteiger partial charge in [0, 0.05) is 5.56 Å². The Morgan fingerprint density at radius 2 is 1.93 bits per heavy atom. The molecule has 0 heterocycles. The molecule has 1 atom stereocenters. The topological polar surface area (TPSA) is 58.9 Å². The summed E-state index contributed by atoms with van der Waals surface area (Å²) in [7, 11) is 0. The van der Waals surface area contributed by atoms with Crippen molar-refractivity contribution in [2.24, 2.45) is 5.16 Å². The molecular formula is C11H13NO3. The van der Waals surface area contributed by atoms with Crippen LogP contribution in [0.3, 0.4) is 0 Å². The second-order valence-electron chi connectivity index (χ2n) is 3.27. The van der Waals surface area contributed by atoms with Crippen LogP contribution in [-0.4, -0.2) is 16.8 Å². The van der Waals surface area contributed by atoms with Gasteiger partial charge in [-0.1, -0.05) is 35.5 Å². The molecule has 0 bridgehead atoms. The minimum absolute atomic E-state index is 0.579. The van der Waals surface area contributed by atoms with Crippen LogP contribution in [-0.2, 0) is 9.63 Å². The number of oxime groups is 1. The molecule has 0 saturated heterocycles. The zero-order chi connectivity index (χ0) is 11.3. The summed E-state index contributed by atoms with van der Waals surface area (Å²) in [5.41, 5.74) is 1.26. The summed E-state index contributed by atoms with van der Waals surface area (Å²) < 4.78 is 0. The predicted octanol–water partition coefficient (Wildman–Crippen LogP) is 2.22. The molecule has 80 valence electrons. The maximum absolute atomic E-state index is 10.9.